The first kappa shape index (κ1) is 20.6. The van der Waals surface area contributed by atoms with Gasteiger partial charge in [0.1, 0.15) is 11.5 Å². The number of furan rings is 1. The van der Waals surface area contributed by atoms with Crippen molar-refractivity contribution in [1.82, 2.24) is 10.7 Å². The monoisotopic (exact) mass is 402 g/mol. The zero-order chi connectivity index (χ0) is 21.3. The lowest BCUT2D eigenvalue weighted by atomic mass is 10.1. The second kappa shape index (κ2) is 9.88. The maximum absolute atomic E-state index is 12.7. The molecule has 7 nitrogen and oxygen atoms in total. The molecule has 0 aliphatic carbocycles. The summed E-state index contributed by atoms with van der Waals surface area (Å²) in [6, 6.07) is 19.7. The summed E-state index contributed by atoms with van der Waals surface area (Å²) in [7, 11) is 3.89. The lowest BCUT2D eigenvalue weighted by molar-refractivity contribution is -0.117. The van der Waals surface area contributed by atoms with Crippen molar-refractivity contribution in [3.8, 4) is 0 Å². The van der Waals surface area contributed by atoms with Crippen molar-refractivity contribution in [1.29, 1.82) is 0 Å². The number of nitrogens with zero attached hydrogens (tertiary/aromatic N) is 2. The van der Waals surface area contributed by atoms with Gasteiger partial charge in [-0.2, -0.15) is 5.10 Å². The van der Waals surface area contributed by atoms with Crippen LogP contribution in [0.1, 0.15) is 21.7 Å². The Morgan fingerprint density at radius 2 is 1.70 bits per heavy atom. The first-order valence-electron chi connectivity index (χ1n) is 9.25. The molecule has 1 heterocycles. The van der Waals surface area contributed by atoms with Crippen molar-refractivity contribution in [3.63, 3.8) is 0 Å². The molecule has 0 fully saturated rings. The van der Waals surface area contributed by atoms with Crippen LogP contribution < -0.4 is 15.6 Å². The van der Waals surface area contributed by atoms with E-state index in [1.807, 2.05) is 49.3 Å². The van der Waals surface area contributed by atoms with Gasteiger partial charge in [-0.05, 0) is 48.0 Å². The first-order chi connectivity index (χ1) is 14.5. The Labute approximate surface area is 174 Å². The number of amides is 2. The second-order valence-electron chi connectivity index (χ2n) is 6.58. The molecular weight excluding hydrogens is 380 g/mol. The van der Waals surface area contributed by atoms with E-state index in [9.17, 15) is 9.59 Å². The summed E-state index contributed by atoms with van der Waals surface area (Å²) in [5.74, 6) is -0.455. The van der Waals surface area contributed by atoms with Gasteiger partial charge in [0.25, 0.3) is 11.8 Å². The summed E-state index contributed by atoms with van der Waals surface area (Å²) in [6.07, 6.45) is 4.48. The third kappa shape index (κ3) is 5.68. The van der Waals surface area contributed by atoms with Crippen molar-refractivity contribution in [2.75, 3.05) is 19.0 Å². The van der Waals surface area contributed by atoms with Gasteiger partial charge >= 0.3 is 0 Å². The molecule has 0 bridgehead atoms. The van der Waals surface area contributed by atoms with Crippen molar-refractivity contribution < 1.29 is 14.0 Å². The van der Waals surface area contributed by atoms with E-state index < -0.39 is 11.8 Å². The molecule has 0 spiro atoms. The third-order valence-electron chi connectivity index (χ3n) is 4.15. The Kier molecular flexibility index (Phi) is 6.78. The lowest BCUT2D eigenvalue weighted by Crippen LogP contribution is -2.32. The molecule has 30 heavy (non-hydrogen) atoms. The van der Waals surface area contributed by atoms with Gasteiger partial charge < -0.3 is 14.6 Å². The van der Waals surface area contributed by atoms with Crippen molar-refractivity contribution in [3.05, 3.63) is 95.6 Å². The highest BCUT2D eigenvalue weighted by atomic mass is 16.3. The molecule has 0 radical (unpaired) electrons. The predicted molar refractivity (Wildman–Crippen MR) is 117 cm³/mol. The van der Waals surface area contributed by atoms with Crippen LogP contribution in [0.15, 0.2) is 88.2 Å². The maximum atomic E-state index is 12.7. The van der Waals surface area contributed by atoms with Crippen LogP contribution >= 0.6 is 0 Å². The van der Waals surface area contributed by atoms with E-state index in [-0.39, 0.29) is 5.70 Å². The van der Waals surface area contributed by atoms with Crippen LogP contribution in [0, 0.1) is 0 Å². The van der Waals surface area contributed by atoms with Gasteiger partial charge in [0, 0.05) is 25.3 Å². The Morgan fingerprint density at radius 1 is 0.967 bits per heavy atom. The minimum Gasteiger partial charge on any atom is -0.463 e. The van der Waals surface area contributed by atoms with E-state index in [0.717, 1.165) is 11.3 Å². The van der Waals surface area contributed by atoms with Gasteiger partial charge in [0.15, 0.2) is 0 Å². The predicted octanol–water partition coefficient (Wildman–Crippen LogP) is 3.27. The highest BCUT2D eigenvalue weighted by molar-refractivity contribution is 6.05. The van der Waals surface area contributed by atoms with Crippen molar-refractivity contribution in [2.45, 2.75) is 0 Å². The van der Waals surface area contributed by atoms with E-state index in [1.54, 1.807) is 42.5 Å². The number of anilines is 1. The average Bonchev–Trinajstić information content (AvgIpc) is 3.27. The fourth-order valence-electron chi connectivity index (χ4n) is 2.56. The summed E-state index contributed by atoms with van der Waals surface area (Å²) in [4.78, 5) is 27.2. The van der Waals surface area contributed by atoms with Crippen LogP contribution in [0.3, 0.4) is 0 Å². The number of hydrogen-bond acceptors (Lipinski definition) is 5. The van der Waals surface area contributed by atoms with E-state index >= 15 is 0 Å². The molecule has 0 atom stereocenters. The molecular formula is C23H22N4O3. The minimum atomic E-state index is -0.557. The standard InChI is InChI=1S/C23H22N4O3/c1-27(2)19-12-10-17(11-13-19)15-21(25-22(28)18-7-4-3-5-8-18)23(29)26-24-16-20-9-6-14-30-20/h3-16H,1-2H3,(H,25,28)(H,26,29). The van der Waals surface area contributed by atoms with Gasteiger partial charge in [-0.15, -0.1) is 0 Å². The summed E-state index contributed by atoms with van der Waals surface area (Å²) < 4.78 is 5.14. The second-order valence-corrected chi connectivity index (χ2v) is 6.58. The highest BCUT2D eigenvalue weighted by Crippen LogP contribution is 2.14. The molecule has 0 saturated carbocycles. The van der Waals surface area contributed by atoms with E-state index in [1.165, 1.54) is 12.5 Å². The minimum absolute atomic E-state index is 0.0676. The van der Waals surface area contributed by atoms with Gasteiger partial charge in [0.2, 0.25) is 0 Å². The number of carbonyl (C=O) groups is 2. The summed E-state index contributed by atoms with van der Waals surface area (Å²) in [5, 5.41) is 6.54. The van der Waals surface area contributed by atoms with Crippen LogP contribution in [-0.2, 0) is 4.79 Å². The van der Waals surface area contributed by atoms with E-state index in [2.05, 4.69) is 15.8 Å². The zero-order valence-electron chi connectivity index (χ0n) is 16.7. The van der Waals surface area contributed by atoms with Crippen LogP contribution in [-0.4, -0.2) is 32.1 Å². The molecule has 3 rings (SSSR count). The first-order valence-corrected chi connectivity index (χ1v) is 9.25. The Balaban J connectivity index is 1.81. The number of rotatable bonds is 7. The molecule has 0 saturated heterocycles. The molecule has 0 aliphatic rings. The molecule has 152 valence electrons. The quantitative estimate of drug-likeness (QED) is 0.361. The van der Waals surface area contributed by atoms with Crippen LogP contribution in [0.4, 0.5) is 5.69 Å². The van der Waals surface area contributed by atoms with Gasteiger partial charge in [-0.3, -0.25) is 9.59 Å². The molecule has 2 amide bonds. The van der Waals surface area contributed by atoms with Crippen molar-refractivity contribution >= 4 is 29.8 Å². The van der Waals surface area contributed by atoms with Crippen molar-refractivity contribution in [2.24, 2.45) is 5.10 Å². The summed E-state index contributed by atoms with van der Waals surface area (Å²) >= 11 is 0. The Morgan fingerprint density at radius 3 is 2.33 bits per heavy atom. The fraction of sp³-hybridized carbons (Fsp3) is 0.0870. The smallest absolute Gasteiger partial charge is 0.287 e. The number of nitrogens with one attached hydrogen (secondary N) is 2. The van der Waals surface area contributed by atoms with Gasteiger partial charge in [0.05, 0.1) is 12.5 Å². The van der Waals surface area contributed by atoms with Crippen LogP contribution in [0.5, 0.6) is 0 Å². The van der Waals surface area contributed by atoms with Gasteiger partial charge in [-0.1, -0.05) is 30.3 Å². The molecule has 3 aromatic rings. The maximum Gasteiger partial charge on any atom is 0.287 e. The van der Waals surface area contributed by atoms with E-state index in [4.69, 9.17) is 4.42 Å². The van der Waals surface area contributed by atoms with Crippen LogP contribution in [0.25, 0.3) is 6.08 Å². The normalized spacial score (nSPS) is 11.3. The number of hydrazone groups is 1. The average molecular weight is 402 g/mol. The molecule has 7 heteroatoms. The molecule has 0 aliphatic heterocycles. The SMILES string of the molecule is CN(C)c1ccc(C=C(NC(=O)c2ccccc2)C(=O)NN=Cc2ccco2)cc1. The Bertz CT molecular complexity index is 1040. The lowest BCUT2D eigenvalue weighted by Gasteiger charge is -2.12. The Hall–Kier alpha value is -4.13. The summed E-state index contributed by atoms with van der Waals surface area (Å²) in [6.45, 7) is 0. The topological polar surface area (TPSA) is 86.9 Å². The molecule has 2 N–H and O–H groups in total. The number of hydrogen-bond donors (Lipinski definition) is 2. The summed E-state index contributed by atoms with van der Waals surface area (Å²) in [5.41, 5.74) is 4.70. The largest absolute Gasteiger partial charge is 0.463 e. The molecule has 0 unspecified atom stereocenters. The zero-order valence-corrected chi connectivity index (χ0v) is 16.7. The fourth-order valence-corrected chi connectivity index (χ4v) is 2.56. The molecule has 2 aromatic carbocycles. The van der Waals surface area contributed by atoms with E-state index in [0.29, 0.717) is 11.3 Å². The number of benzene rings is 2. The highest BCUT2D eigenvalue weighted by Gasteiger charge is 2.14. The third-order valence-corrected chi connectivity index (χ3v) is 4.15. The molecule has 1 aromatic heterocycles. The number of carbonyl (C=O) groups excluding carboxylic acids is 2. The van der Waals surface area contributed by atoms with Crippen LogP contribution in [0.2, 0.25) is 0 Å². The van der Waals surface area contributed by atoms with Gasteiger partial charge in [-0.25, -0.2) is 5.43 Å².